The average molecular weight is 302 g/mol. The van der Waals surface area contributed by atoms with E-state index in [0.717, 1.165) is 23.8 Å². The molecular formula is C17H20ClN3. The molecule has 2 fully saturated rings. The van der Waals surface area contributed by atoms with Crippen molar-refractivity contribution in [1.29, 1.82) is 0 Å². The minimum atomic E-state index is 0.530. The first-order valence-corrected chi connectivity index (χ1v) is 8.28. The number of rotatable bonds is 3. The molecule has 110 valence electrons. The van der Waals surface area contributed by atoms with Crippen LogP contribution in [0.4, 0.5) is 5.82 Å². The highest BCUT2D eigenvalue weighted by molar-refractivity contribution is 6.17. The fraction of sp³-hybridized carbons (Fsp3) is 0.471. The van der Waals surface area contributed by atoms with Crippen molar-refractivity contribution >= 4 is 17.4 Å². The third-order valence-electron chi connectivity index (χ3n) is 4.97. The van der Waals surface area contributed by atoms with E-state index in [0.29, 0.717) is 11.9 Å². The third-order valence-corrected chi connectivity index (χ3v) is 5.24. The Kier molecular flexibility index (Phi) is 3.18. The van der Waals surface area contributed by atoms with Gasteiger partial charge in [-0.05, 0) is 44.2 Å². The lowest BCUT2D eigenvalue weighted by Crippen LogP contribution is -2.34. The van der Waals surface area contributed by atoms with Crippen LogP contribution in [0, 0.1) is 12.8 Å². The molecule has 1 saturated heterocycles. The Morgan fingerprint density at radius 2 is 2.05 bits per heavy atom. The smallest absolute Gasteiger partial charge is 0.137 e. The predicted molar refractivity (Wildman–Crippen MR) is 86.3 cm³/mol. The van der Waals surface area contributed by atoms with Gasteiger partial charge in [0.05, 0.1) is 17.3 Å². The number of aryl methyl sites for hydroxylation is 1. The van der Waals surface area contributed by atoms with E-state index in [1.807, 2.05) is 6.07 Å². The summed E-state index contributed by atoms with van der Waals surface area (Å²) in [6.07, 6.45) is 4.03. The molecule has 2 aliphatic rings. The van der Waals surface area contributed by atoms with Gasteiger partial charge in [0.2, 0.25) is 0 Å². The Bertz CT molecular complexity index is 650. The molecule has 4 rings (SSSR count). The van der Waals surface area contributed by atoms with E-state index in [1.54, 1.807) is 0 Å². The van der Waals surface area contributed by atoms with Crippen molar-refractivity contribution < 1.29 is 0 Å². The van der Waals surface area contributed by atoms with Gasteiger partial charge in [-0.2, -0.15) is 5.10 Å². The Hall–Kier alpha value is -1.48. The summed E-state index contributed by atoms with van der Waals surface area (Å²) < 4.78 is 2.09. The van der Waals surface area contributed by atoms with Gasteiger partial charge in [-0.15, -0.1) is 11.6 Å². The zero-order valence-electron chi connectivity index (χ0n) is 12.3. The predicted octanol–water partition coefficient (Wildman–Crippen LogP) is 3.91. The van der Waals surface area contributed by atoms with Crippen molar-refractivity contribution in [1.82, 2.24) is 9.78 Å². The lowest BCUT2D eigenvalue weighted by Gasteiger charge is -2.30. The van der Waals surface area contributed by atoms with Crippen molar-refractivity contribution in [3.8, 4) is 5.69 Å². The van der Waals surface area contributed by atoms with Crippen LogP contribution < -0.4 is 4.90 Å². The molecule has 2 unspecified atom stereocenters. The largest absolute Gasteiger partial charge is 0.353 e. The average Bonchev–Trinajstić information content (AvgIpc) is 3.21. The molecule has 0 radical (unpaired) electrons. The third kappa shape index (κ3) is 2.06. The van der Waals surface area contributed by atoms with Gasteiger partial charge in [0, 0.05) is 18.2 Å². The number of piperidine rings is 1. The maximum Gasteiger partial charge on any atom is 0.137 e. The van der Waals surface area contributed by atoms with Crippen LogP contribution in [-0.4, -0.2) is 22.4 Å². The highest BCUT2D eigenvalue weighted by atomic mass is 35.5. The first kappa shape index (κ1) is 13.2. The van der Waals surface area contributed by atoms with Crippen LogP contribution in [-0.2, 0) is 5.88 Å². The first-order chi connectivity index (χ1) is 10.3. The Morgan fingerprint density at radius 3 is 2.67 bits per heavy atom. The molecule has 1 aliphatic heterocycles. The highest BCUT2D eigenvalue weighted by Gasteiger charge is 2.40. The van der Waals surface area contributed by atoms with Gasteiger partial charge in [0.25, 0.3) is 0 Å². The zero-order chi connectivity index (χ0) is 14.4. The number of fused-ring (bicyclic) bond motifs is 2. The maximum absolute atomic E-state index is 6.24. The molecule has 21 heavy (non-hydrogen) atoms. The Morgan fingerprint density at radius 1 is 1.24 bits per heavy atom. The van der Waals surface area contributed by atoms with Crippen molar-refractivity contribution in [2.24, 2.45) is 5.92 Å². The molecule has 1 aromatic heterocycles. The number of halogens is 1. The molecule has 2 atom stereocenters. The first-order valence-electron chi connectivity index (χ1n) is 7.74. The van der Waals surface area contributed by atoms with Crippen LogP contribution in [0.3, 0.4) is 0 Å². The number of anilines is 1. The summed E-state index contributed by atoms with van der Waals surface area (Å²) in [5.41, 5.74) is 3.36. The van der Waals surface area contributed by atoms with Crippen LogP contribution in [0.15, 0.2) is 30.3 Å². The summed E-state index contributed by atoms with van der Waals surface area (Å²) >= 11 is 6.24. The second-order valence-corrected chi connectivity index (χ2v) is 6.52. The van der Waals surface area contributed by atoms with E-state index in [-0.39, 0.29) is 0 Å². The van der Waals surface area contributed by atoms with Crippen LogP contribution in [0.2, 0.25) is 0 Å². The quantitative estimate of drug-likeness (QED) is 0.802. The number of para-hydroxylation sites is 1. The van der Waals surface area contributed by atoms with Gasteiger partial charge in [0.15, 0.2) is 0 Å². The van der Waals surface area contributed by atoms with Crippen LogP contribution >= 0.6 is 11.6 Å². The number of benzene rings is 1. The minimum Gasteiger partial charge on any atom is -0.353 e. The molecule has 2 heterocycles. The summed E-state index contributed by atoms with van der Waals surface area (Å²) in [6.45, 7) is 3.22. The molecular weight excluding hydrogens is 282 g/mol. The molecule has 4 heteroatoms. The van der Waals surface area contributed by atoms with Crippen LogP contribution in [0.25, 0.3) is 5.69 Å². The van der Waals surface area contributed by atoms with Gasteiger partial charge in [-0.1, -0.05) is 18.2 Å². The van der Waals surface area contributed by atoms with Crippen LogP contribution in [0.1, 0.15) is 30.5 Å². The Balaban J connectivity index is 1.84. The SMILES string of the molecule is Cc1nn(-c2ccccc2)c(N2CC3CCC2C3)c1CCl. The van der Waals surface area contributed by atoms with Gasteiger partial charge in [-0.25, -0.2) is 4.68 Å². The molecule has 1 aromatic carbocycles. The number of hydrogen-bond donors (Lipinski definition) is 0. The van der Waals surface area contributed by atoms with Gasteiger partial charge < -0.3 is 4.90 Å². The Labute approximate surface area is 130 Å². The second-order valence-electron chi connectivity index (χ2n) is 6.25. The van der Waals surface area contributed by atoms with Gasteiger partial charge in [0.1, 0.15) is 5.82 Å². The summed E-state index contributed by atoms with van der Waals surface area (Å²) in [7, 11) is 0. The van der Waals surface area contributed by atoms with E-state index in [1.165, 1.54) is 30.6 Å². The van der Waals surface area contributed by atoms with Gasteiger partial charge >= 0.3 is 0 Å². The van der Waals surface area contributed by atoms with Crippen molar-refractivity contribution in [3.05, 3.63) is 41.6 Å². The monoisotopic (exact) mass is 301 g/mol. The molecule has 0 spiro atoms. The van der Waals surface area contributed by atoms with E-state index >= 15 is 0 Å². The molecule has 0 amide bonds. The van der Waals surface area contributed by atoms with Crippen molar-refractivity contribution in [2.75, 3.05) is 11.4 Å². The molecule has 3 nitrogen and oxygen atoms in total. The number of hydrogen-bond acceptors (Lipinski definition) is 2. The molecule has 2 aromatic rings. The lowest BCUT2D eigenvalue weighted by molar-refractivity contribution is 0.545. The number of nitrogens with zero attached hydrogens (tertiary/aromatic N) is 3. The number of alkyl halides is 1. The maximum atomic E-state index is 6.24. The van der Waals surface area contributed by atoms with Crippen molar-refractivity contribution in [3.63, 3.8) is 0 Å². The summed E-state index contributed by atoms with van der Waals surface area (Å²) in [5.74, 6) is 2.61. The number of aromatic nitrogens is 2. The van der Waals surface area contributed by atoms with E-state index in [4.69, 9.17) is 16.7 Å². The summed E-state index contributed by atoms with van der Waals surface area (Å²) in [5, 5.41) is 4.77. The zero-order valence-corrected chi connectivity index (χ0v) is 13.1. The topological polar surface area (TPSA) is 21.1 Å². The molecule has 0 N–H and O–H groups in total. The van der Waals surface area contributed by atoms with E-state index < -0.39 is 0 Å². The summed E-state index contributed by atoms with van der Waals surface area (Å²) in [4.78, 5) is 2.55. The van der Waals surface area contributed by atoms with Crippen LogP contribution in [0.5, 0.6) is 0 Å². The fourth-order valence-electron chi connectivity index (χ4n) is 3.93. The molecule has 1 saturated carbocycles. The van der Waals surface area contributed by atoms with Gasteiger partial charge in [-0.3, -0.25) is 0 Å². The van der Waals surface area contributed by atoms with E-state index in [2.05, 4.69) is 40.8 Å². The molecule has 2 bridgehead atoms. The normalized spacial score (nSPS) is 24.0. The minimum absolute atomic E-state index is 0.530. The second kappa shape index (κ2) is 5.06. The lowest BCUT2D eigenvalue weighted by atomic mass is 10.1. The standard InChI is InChI=1S/C17H20ClN3/c1-12-16(10-18)17(20-11-13-7-8-15(20)9-13)21(19-12)14-5-3-2-4-6-14/h2-6,13,15H,7-11H2,1H3. The van der Waals surface area contributed by atoms with Crippen molar-refractivity contribution in [2.45, 2.75) is 38.1 Å². The molecule has 1 aliphatic carbocycles. The highest BCUT2D eigenvalue weighted by Crippen LogP contribution is 2.42. The summed E-state index contributed by atoms with van der Waals surface area (Å²) in [6, 6.07) is 11.1. The fourth-order valence-corrected chi connectivity index (χ4v) is 4.25. The van der Waals surface area contributed by atoms with E-state index in [9.17, 15) is 0 Å².